The van der Waals surface area contributed by atoms with Gasteiger partial charge >= 0.3 is 5.97 Å². The first-order valence-electron chi connectivity index (χ1n) is 4.69. The molecule has 0 saturated carbocycles. The molecule has 2 rings (SSSR count). The van der Waals surface area contributed by atoms with Gasteiger partial charge in [-0.2, -0.15) is 0 Å². The zero-order chi connectivity index (χ0) is 11.9. The molecule has 16 heavy (non-hydrogen) atoms. The monoisotopic (exact) mass is 238 g/mol. The maximum Gasteiger partial charge on any atom is 0.307 e. The van der Waals surface area contributed by atoms with E-state index < -0.39 is 15.8 Å². The number of sulfone groups is 1. The topological polar surface area (TPSA) is 71.4 Å². The number of carboxylic acid groups (broad SMARTS) is 1. The highest BCUT2D eigenvalue weighted by Gasteiger charge is 2.26. The van der Waals surface area contributed by atoms with Crippen LogP contribution in [0.25, 0.3) is 6.08 Å². The third-order valence-electron chi connectivity index (χ3n) is 2.50. The summed E-state index contributed by atoms with van der Waals surface area (Å²) in [4.78, 5) is 11.1. The molecule has 0 amide bonds. The quantitative estimate of drug-likeness (QED) is 0.846. The Bertz CT molecular complexity index is 596. The van der Waals surface area contributed by atoms with Crippen molar-refractivity contribution in [3.05, 3.63) is 34.2 Å². The van der Waals surface area contributed by atoms with Gasteiger partial charge in [-0.3, -0.25) is 4.79 Å². The standard InChI is InChI=1S/C11H10O4S/c1-7-4-9-5-8(6-11(12)13)2-3-10(9)16(7,14)15/h2-5H,6H2,1H3,(H,12,13). The molecule has 0 aliphatic carbocycles. The Hall–Kier alpha value is -1.62. The molecule has 1 aromatic rings. The Balaban J connectivity index is 2.51. The molecule has 0 saturated heterocycles. The lowest BCUT2D eigenvalue weighted by Gasteiger charge is -2.02. The van der Waals surface area contributed by atoms with E-state index in [9.17, 15) is 13.2 Å². The molecule has 1 aliphatic heterocycles. The van der Waals surface area contributed by atoms with Crippen molar-refractivity contribution in [3.8, 4) is 0 Å². The summed E-state index contributed by atoms with van der Waals surface area (Å²) in [6, 6.07) is 4.62. The third-order valence-corrected chi connectivity index (χ3v) is 4.42. The first-order chi connectivity index (χ1) is 7.41. The van der Waals surface area contributed by atoms with Crippen molar-refractivity contribution in [2.24, 2.45) is 0 Å². The fourth-order valence-electron chi connectivity index (χ4n) is 1.71. The summed E-state index contributed by atoms with van der Waals surface area (Å²) in [5, 5.41) is 8.64. The van der Waals surface area contributed by atoms with Crippen molar-refractivity contribution in [1.82, 2.24) is 0 Å². The van der Waals surface area contributed by atoms with E-state index in [0.29, 0.717) is 16.0 Å². The van der Waals surface area contributed by atoms with Crippen molar-refractivity contribution in [3.63, 3.8) is 0 Å². The Morgan fingerprint density at radius 2 is 2.06 bits per heavy atom. The smallest absolute Gasteiger partial charge is 0.307 e. The van der Waals surface area contributed by atoms with Crippen LogP contribution in [0.3, 0.4) is 0 Å². The van der Waals surface area contributed by atoms with Crippen LogP contribution >= 0.6 is 0 Å². The third kappa shape index (κ3) is 1.63. The number of benzene rings is 1. The highest BCUT2D eigenvalue weighted by atomic mass is 32.2. The van der Waals surface area contributed by atoms with Gasteiger partial charge in [0.25, 0.3) is 0 Å². The summed E-state index contributed by atoms with van der Waals surface area (Å²) < 4.78 is 23.5. The van der Waals surface area contributed by atoms with Gasteiger partial charge in [-0.15, -0.1) is 0 Å². The number of carbonyl (C=O) groups is 1. The molecule has 0 radical (unpaired) electrons. The van der Waals surface area contributed by atoms with Gasteiger partial charge < -0.3 is 5.11 Å². The van der Waals surface area contributed by atoms with Gasteiger partial charge in [-0.1, -0.05) is 6.07 Å². The first-order valence-corrected chi connectivity index (χ1v) is 6.17. The second-order valence-electron chi connectivity index (χ2n) is 3.70. The molecule has 0 atom stereocenters. The highest BCUT2D eigenvalue weighted by molar-refractivity contribution is 7.95. The number of rotatable bonds is 2. The molecule has 0 unspecified atom stereocenters. The van der Waals surface area contributed by atoms with E-state index in [4.69, 9.17) is 5.11 Å². The maximum absolute atomic E-state index is 11.7. The molecule has 0 spiro atoms. The van der Waals surface area contributed by atoms with Gasteiger partial charge in [0, 0.05) is 4.91 Å². The summed E-state index contributed by atoms with van der Waals surface area (Å²) in [6.07, 6.45) is 1.47. The minimum Gasteiger partial charge on any atom is -0.481 e. The average molecular weight is 238 g/mol. The van der Waals surface area contributed by atoms with Gasteiger partial charge in [-0.05, 0) is 36.3 Å². The van der Waals surface area contributed by atoms with Crippen LogP contribution in [0.5, 0.6) is 0 Å². The Morgan fingerprint density at radius 1 is 1.38 bits per heavy atom. The Labute approximate surface area is 93.1 Å². The summed E-state index contributed by atoms with van der Waals surface area (Å²) in [7, 11) is -3.32. The van der Waals surface area contributed by atoms with Crippen LogP contribution in [0, 0.1) is 0 Å². The van der Waals surface area contributed by atoms with E-state index in [2.05, 4.69) is 0 Å². The van der Waals surface area contributed by atoms with Crippen molar-refractivity contribution < 1.29 is 18.3 Å². The molecule has 1 N–H and O–H groups in total. The molecule has 0 aromatic heterocycles. The minimum absolute atomic E-state index is 0.0970. The lowest BCUT2D eigenvalue weighted by Crippen LogP contribution is -2.02. The zero-order valence-corrected chi connectivity index (χ0v) is 9.41. The fraction of sp³-hybridized carbons (Fsp3) is 0.182. The van der Waals surface area contributed by atoms with E-state index in [1.54, 1.807) is 12.1 Å². The Kier molecular flexibility index (Phi) is 2.35. The van der Waals surface area contributed by atoms with E-state index in [-0.39, 0.29) is 11.3 Å². The predicted molar refractivity (Wildman–Crippen MR) is 58.6 cm³/mol. The number of hydrogen-bond donors (Lipinski definition) is 1. The van der Waals surface area contributed by atoms with Gasteiger partial charge in [0.05, 0.1) is 11.3 Å². The number of aliphatic carboxylic acids is 1. The molecule has 1 aromatic carbocycles. The van der Waals surface area contributed by atoms with Gasteiger partial charge in [0.1, 0.15) is 0 Å². The summed E-state index contributed by atoms with van der Waals surface area (Å²) >= 11 is 0. The summed E-state index contributed by atoms with van der Waals surface area (Å²) in [6.45, 7) is 1.53. The molecular weight excluding hydrogens is 228 g/mol. The number of allylic oxidation sites excluding steroid dienone is 1. The van der Waals surface area contributed by atoms with Crippen molar-refractivity contribution in [2.45, 2.75) is 18.2 Å². The number of fused-ring (bicyclic) bond motifs is 1. The molecule has 4 nitrogen and oxygen atoms in total. The predicted octanol–water partition coefficient (Wildman–Crippen LogP) is 1.46. The Morgan fingerprint density at radius 3 is 2.69 bits per heavy atom. The van der Waals surface area contributed by atoms with Crippen LogP contribution < -0.4 is 0 Å². The molecular formula is C11H10O4S. The van der Waals surface area contributed by atoms with Crippen LogP contribution in [0.4, 0.5) is 0 Å². The molecule has 0 fully saturated rings. The van der Waals surface area contributed by atoms with Crippen LogP contribution in [0.15, 0.2) is 28.0 Å². The van der Waals surface area contributed by atoms with Crippen molar-refractivity contribution in [2.75, 3.05) is 0 Å². The first kappa shape index (κ1) is 10.9. The zero-order valence-electron chi connectivity index (χ0n) is 8.60. The molecule has 0 bridgehead atoms. The summed E-state index contributed by atoms with van der Waals surface area (Å²) in [5.41, 5.74) is 1.18. The second kappa shape index (κ2) is 3.45. The fourth-order valence-corrected chi connectivity index (χ4v) is 3.01. The molecule has 1 heterocycles. The highest BCUT2D eigenvalue weighted by Crippen LogP contribution is 2.32. The van der Waals surface area contributed by atoms with E-state index in [1.165, 1.54) is 19.1 Å². The van der Waals surface area contributed by atoms with Crippen LogP contribution in [-0.4, -0.2) is 19.5 Å². The SMILES string of the molecule is CC1=Cc2cc(CC(=O)O)ccc2S1(=O)=O. The summed E-state index contributed by atoms with van der Waals surface area (Å²) in [5.74, 6) is -0.929. The van der Waals surface area contributed by atoms with E-state index in [1.807, 2.05) is 0 Å². The molecule has 5 heteroatoms. The lowest BCUT2D eigenvalue weighted by molar-refractivity contribution is -0.136. The van der Waals surface area contributed by atoms with Gasteiger partial charge in [-0.25, -0.2) is 8.42 Å². The van der Waals surface area contributed by atoms with E-state index in [0.717, 1.165) is 0 Å². The van der Waals surface area contributed by atoms with Crippen molar-refractivity contribution >= 4 is 21.9 Å². The lowest BCUT2D eigenvalue weighted by atomic mass is 10.1. The van der Waals surface area contributed by atoms with Crippen LogP contribution in [0.2, 0.25) is 0 Å². The van der Waals surface area contributed by atoms with Crippen molar-refractivity contribution in [1.29, 1.82) is 0 Å². The van der Waals surface area contributed by atoms with Crippen LogP contribution in [0.1, 0.15) is 18.1 Å². The van der Waals surface area contributed by atoms with E-state index >= 15 is 0 Å². The maximum atomic E-state index is 11.7. The normalized spacial score (nSPS) is 16.7. The molecule has 1 aliphatic rings. The van der Waals surface area contributed by atoms with Gasteiger partial charge in [0.2, 0.25) is 9.84 Å². The largest absolute Gasteiger partial charge is 0.481 e. The molecule has 84 valence electrons. The van der Waals surface area contributed by atoms with Crippen LogP contribution in [-0.2, 0) is 21.1 Å². The minimum atomic E-state index is -3.32. The number of hydrogen-bond acceptors (Lipinski definition) is 3. The second-order valence-corrected chi connectivity index (χ2v) is 5.79. The average Bonchev–Trinajstić information content (AvgIpc) is 2.36. The van der Waals surface area contributed by atoms with Gasteiger partial charge in [0.15, 0.2) is 0 Å². The number of carboxylic acids is 1.